The number of anilines is 1. The molecule has 2 aromatic rings. The first-order chi connectivity index (χ1) is 12.0. The van der Waals surface area contributed by atoms with Crippen LogP contribution in [-0.2, 0) is 4.79 Å². The lowest BCUT2D eigenvalue weighted by Crippen LogP contribution is -2.38. The lowest BCUT2D eigenvalue weighted by Gasteiger charge is -2.25. The van der Waals surface area contributed by atoms with Crippen molar-refractivity contribution < 1.29 is 9.59 Å². The number of nitrogens with one attached hydrogen (secondary N) is 1. The number of nitrogen functional groups attached to an aromatic ring is 1. The molecule has 0 radical (unpaired) electrons. The topological polar surface area (TPSA) is 75.4 Å². The molecule has 130 valence electrons. The van der Waals surface area contributed by atoms with Gasteiger partial charge in [-0.25, -0.2) is 0 Å². The third kappa shape index (κ3) is 3.99. The van der Waals surface area contributed by atoms with Crippen molar-refractivity contribution >= 4 is 17.5 Å². The van der Waals surface area contributed by atoms with Crippen molar-refractivity contribution in [3.63, 3.8) is 0 Å². The van der Waals surface area contributed by atoms with Gasteiger partial charge in [0, 0.05) is 30.8 Å². The van der Waals surface area contributed by atoms with Crippen LogP contribution in [0.15, 0.2) is 48.5 Å². The molecule has 25 heavy (non-hydrogen) atoms. The summed E-state index contributed by atoms with van der Waals surface area (Å²) in [7, 11) is 0. The van der Waals surface area contributed by atoms with Gasteiger partial charge in [0.2, 0.25) is 5.91 Å². The van der Waals surface area contributed by atoms with E-state index in [0.717, 1.165) is 24.1 Å². The molecule has 0 saturated carbocycles. The Labute approximate surface area is 147 Å². The molecule has 0 bridgehead atoms. The second kappa shape index (κ2) is 7.38. The molecule has 0 aliphatic carbocycles. The first-order valence-corrected chi connectivity index (χ1v) is 8.54. The van der Waals surface area contributed by atoms with Crippen molar-refractivity contribution in [2.24, 2.45) is 0 Å². The Morgan fingerprint density at radius 2 is 2.00 bits per heavy atom. The molecule has 5 heteroatoms. The predicted molar refractivity (Wildman–Crippen MR) is 98.1 cm³/mol. The molecule has 1 unspecified atom stereocenters. The van der Waals surface area contributed by atoms with Gasteiger partial charge in [0.1, 0.15) is 0 Å². The van der Waals surface area contributed by atoms with Crippen LogP contribution >= 0.6 is 0 Å². The van der Waals surface area contributed by atoms with Gasteiger partial charge in [-0.1, -0.05) is 36.4 Å². The fraction of sp³-hybridized carbons (Fsp3) is 0.300. The maximum absolute atomic E-state index is 12.8. The molecular weight excluding hydrogens is 314 g/mol. The summed E-state index contributed by atoms with van der Waals surface area (Å²) in [6.07, 6.45) is 1.46. The van der Waals surface area contributed by atoms with Gasteiger partial charge in [-0.05, 0) is 36.6 Å². The number of carbonyl (C=O) groups excluding carboxylic acids is 2. The van der Waals surface area contributed by atoms with E-state index in [1.54, 1.807) is 12.1 Å². The number of nitrogens with two attached hydrogens (primary N) is 1. The van der Waals surface area contributed by atoms with Gasteiger partial charge in [0.05, 0.1) is 6.04 Å². The number of likely N-dealkylation sites (tertiary alicyclic amines) is 1. The van der Waals surface area contributed by atoms with E-state index in [-0.39, 0.29) is 17.9 Å². The van der Waals surface area contributed by atoms with Crippen LogP contribution < -0.4 is 11.1 Å². The second-order valence-corrected chi connectivity index (χ2v) is 6.45. The summed E-state index contributed by atoms with van der Waals surface area (Å²) >= 11 is 0. The van der Waals surface area contributed by atoms with Crippen LogP contribution in [-0.4, -0.2) is 29.8 Å². The fourth-order valence-corrected chi connectivity index (χ4v) is 3.16. The molecular formula is C20H23N3O2. The van der Waals surface area contributed by atoms with Crippen molar-refractivity contribution in [2.75, 3.05) is 18.8 Å². The predicted octanol–water partition coefficient (Wildman–Crippen LogP) is 2.67. The summed E-state index contributed by atoms with van der Waals surface area (Å²) in [5.41, 5.74) is 8.80. The Morgan fingerprint density at radius 1 is 1.24 bits per heavy atom. The van der Waals surface area contributed by atoms with Crippen LogP contribution in [0.1, 0.15) is 40.4 Å². The number of aryl methyl sites for hydroxylation is 1. The molecule has 1 heterocycles. The molecule has 1 saturated heterocycles. The van der Waals surface area contributed by atoms with Gasteiger partial charge in [-0.3, -0.25) is 9.59 Å². The van der Waals surface area contributed by atoms with Crippen LogP contribution in [0, 0.1) is 6.92 Å². The maximum atomic E-state index is 12.8. The van der Waals surface area contributed by atoms with Crippen molar-refractivity contribution in [3.05, 3.63) is 65.2 Å². The number of hydrogen-bond donors (Lipinski definition) is 2. The zero-order valence-electron chi connectivity index (χ0n) is 14.4. The summed E-state index contributed by atoms with van der Waals surface area (Å²) in [4.78, 5) is 26.6. The molecule has 0 aromatic heterocycles. The summed E-state index contributed by atoms with van der Waals surface area (Å²) in [5.74, 6) is -0.0272. The number of rotatable bonds is 5. The van der Waals surface area contributed by atoms with Crippen LogP contribution in [0.25, 0.3) is 0 Å². The number of hydrogen-bond acceptors (Lipinski definition) is 3. The minimum absolute atomic E-state index is 0.148. The van der Waals surface area contributed by atoms with Crippen molar-refractivity contribution in [2.45, 2.75) is 25.8 Å². The normalized spacial score (nSPS) is 15.2. The van der Waals surface area contributed by atoms with Crippen LogP contribution in [0.3, 0.4) is 0 Å². The fourth-order valence-electron chi connectivity index (χ4n) is 3.16. The summed E-state index contributed by atoms with van der Waals surface area (Å²) in [6.45, 7) is 3.11. The quantitative estimate of drug-likeness (QED) is 0.824. The Balaban J connectivity index is 1.83. The Morgan fingerprint density at radius 3 is 2.68 bits per heavy atom. The molecule has 5 nitrogen and oxygen atoms in total. The Bertz CT molecular complexity index is 774. The average molecular weight is 337 g/mol. The largest absolute Gasteiger partial charge is 0.399 e. The van der Waals surface area contributed by atoms with Gasteiger partial charge in [-0.2, -0.15) is 0 Å². The van der Waals surface area contributed by atoms with Crippen molar-refractivity contribution in [1.82, 2.24) is 10.2 Å². The lowest BCUT2D eigenvalue weighted by molar-refractivity contribution is -0.128. The molecule has 2 amide bonds. The highest BCUT2D eigenvalue weighted by Gasteiger charge is 2.25. The number of amides is 2. The zero-order chi connectivity index (χ0) is 17.8. The minimum Gasteiger partial charge on any atom is -0.399 e. The maximum Gasteiger partial charge on any atom is 0.252 e. The third-order valence-corrected chi connectivity index (χ3v) is 4.59. The van der Waals surface area contributed by atoms with Crippen molar-refractivity contribution in [3.8, 4) is 0 Å². The van der Waals surface area contributed by atoms with Crippen molar-refractivity contribution in [1.29, 1.82) is 0 Å². The standard InChI is InChI=1S/C20H23N3O2/c1-14-9-10-16(21)12-17(14)20(25)22-18(15-6-3-2-4-7-15)13-23-11-5-8-19(23)24/h2-4,6-7,9-10,12,18H,5,8,11,13,21H2,1H3,(H,22,25). The molecule has 1 aliphatic rings. The zero-order valence-corrected chi connectivity index (χ0v) is 14.4. The van der Waals surface area contributed by atoms with Gasteiger partial charge < -0.3 is 16.0 Å². The Hall–Kier alpha value is -2.82. The van der Waals surface area contributed by atoms with E-state index in [1.807, 2.05) is 48.2 Å². The van der Waals surface area contributed by atoms with Gasteiger partial charge in [0.15, 0.2) is 0 Å². The lowest BCUT2D eigenvalue weighted by atomic mass is 10.0. The summed E-state index contributed by atoms with van der Waals surface area (Å²) < 4.78 is 0. The number of benzene rings is 2. The molecule has 3 N–H and O–H groups in total. The van der Waals surface area contributed by atoms with Crippen LogP contribution in [0.2, 0.25) is 0 Å². The average Bonchev–Trinajstić information content (AvgIpc) is 3.02. The first kappa shape index (κ1) is 17.0. The van der Waals surface area contributed by atoms with Crippen LogP contribution in [0.5, 0.6) is 0 Å². The van der Waals surface area contributed by atoms with E-state index in [9.17, 15) is 9.59 Å². The highest BCUT2D eigenvalue weighted by molar-refractivity contribution is 5.96. The van der Waals surface area contributed by atoms with E-state index in [4.69, 9.17) is 5.73 Å². The highest BCUT2D eigenvalue weighted by atomic mass is 16.2. The summed E-state index contributed by atoms with van der Waals surface area (Å²) in [5, 5.41) is 3.08. The first-order valence-electron chi connectivity index (χ1n) is 8.54. The molecule has 3 rings (SSSR count). The molecule has 2 aromatic carbocycles. The van der Waals surface area contributed by atoms with Gasteiger partial charge in [-0.15, -0.1) is 0 Å². The van der Waals surface area contributed by atoms with E-state index >= 15 is 0 Å². The van der Waals surface area contributed by atoms with E-state index in [1.165, 1.54) is 0 Å². The highest BCUT2D eigenvalue weighted by Crippen LogP contribution is 2.20. The smallest absolute Gasteiger partial charge is 0.252 e. The van der Waals surface area contributed by atoms with E-state index in [2.05, 4.69) is 5.32 Å². The SMILES string of the molecule is Cc1ccc(N)cc1C(=O)NC(CN1CCCC1=O)c1ccccc1. The molecule has 1 aliphatic heterocycles. The molecule has 0 spiro atoms. The van der Waals surface area contributed by atoms with Gasteiger partial charge >= 0.3 is 0 Å². The second-order valence-electron chi connectivity index (χ2n) is 6.45. The third-order valence-electron chi connectivity index (χ3n) is 4.59. The van der Waals surface area contributed by atoms with Gasteiger partial charge in [0.25, 0.3) is 5.91 Å². The number of nitrogens with zero attached hydrogens (tertiary/aromatic N) is 1. The molecule has 1 fully saturated rings. The van der Waals surface area contributed by atoms with Crippen LogP contribution in [0.4, 0.5) is 5.69 Å². The summed E-state index contributed by atoms with van der Waals surface area (Å²) in [6, 6.07) is 14.8. The minimum atomic E-state index is -0.253. The number of carbonyl (C=O) groups is 2. The Kier molecular flexibility index (Phi) is 5.03. The van der Waals surface area contributed by atoms with E-state index < -0.39 is 0 Å². The monoisotopic (exact) mass is 337 g/mol. The van der Waals surface area contributed by atoms with E-state index in [0.29, 0.717) is 24.2 Å². The molecule has 1 atom stereocenters.